The summed E-state index contributed by atoms with van der Waals surface area (Å²) in [6, 6.07) is 6.22. The topological polar surface area (TPSA) is 33.3 Å². The van der Waals surface area contributed by atoms with Crippen molar-refractivity contribution < 1.29 is 4.74 Å². The molecule has 0 bridgehead atoms. The van der Waals surface area contributed by atoms with Crippen molar-refractivity contribution in [1.29, 1.82) is 0 Å². The number of benzene rings is 1. The fourth-order valence-electron chi connectivity index (χ4n) is 3.52. The zero-order valence-electron chi connectivity index (χ0n) is 12.0. The first-order valence-corrected chi connectivity index (χ1v) is 7.45. The van der Waals surface area contributed by atoms with Gasteiger partial charge in [-0.15, -0.1) is 0 Å². The SMILES string of the molecule is CCC1CCC2(CC1)CNc1c(cccc1OC)N2. The third-order valence-corrected chi connectivity index (χ3v) is 4.89. The molecule has 1 fully saturated rings. The highest BCUT2D eigenvalue weighted by molar-refractivity contribution is 5.78. The maximum Gasteiger partial charge on any atom is 0.144 e. The van der Waals surface area contributed by atoms with Gasteiger partial charge in [0.05, 0.1) is 18.3 Å². The molecule has 2 aliphatic rings. The van der Waals surface area contributed by atoms with Crippen LogP contribution < -0.4 is 15.4 Å². The van der Waals surface area contributed by atoms with Crippen molar-refractivity contribution in [2.75, 3.05) is 24.3 Å². The molecule has 1 aliphatic carbocycles. The van der Waals surface area contributed by atoms with Gasteiger partial charge in [-0.2, -0.15) is 0 Å². The lowest BCUT2D eigenvalue weighted by molar-refractivity contribution is 0.255. The van der Waals surface area contributed by atoms with Gasteiger partial charge in [-0.1, -0.05) is 19.4 Å². The molecule has 0 unspecified atom stereocenters. The molecule has 0 atom stereocenters. The van der Waals surface area contributed by atoms with E-state index in [1.165, 1.54) is 37.8 Å². The number of anilines is 2. The summed E-state index contributed by atoms with van der Waals surface area (Å²) in [5.41, 5.74) is 2.57. The summed E-state index contributed by atoms with van der Waals surface area (Å²) >= 11 is 0. The number of para-hydroxylation sites is 1. The molecule has 0 aromatic heterocycles. The number of rotatable bonds is 2. The normalized spacial score (nSPS) is 29.3. The van der Waals surface area contributed by atoms with Crippen LogP contribution in [0.15, 0.2) is 18.2 Å². The summed E-state index contributed by atoms with van der Waals surface area (Å²) in [6.07, 6.45) is 6.58. The Hall–Kier alpha value is -1.38. The van der Waals surface area contributed by atoms with E-state index < -0.39 is 0 Å². The molecule has 104 valence electrons. The van der Waals surface area contributed by atoms with E-state index in [1.807, 2.05) is 6.07 Å². The Morgan fingerprint density at radius 3 is 2.79 bits per heavy atom. The first kappa shape index (κ1) is 12.6. The van der Waals surface area contributed by atoms with Crippen LogP contribution in [0.25, 0.3) is 0 Å². The van der Waals surface area contributed by atoms with E-state index in [2.05, 4.69) is 29.7 Å². The molecule has 19 heavy (non-hydrogen) atoms. The molecule has 0 radical (unpaired) electrons. The van der Waals surface area contributed by atoms with Gasteiger partial charge >= 0.3 is 0 Å². The minimum atomic E-state index is 0.255. The molecule has 1 aromatic rings. The van der Waals surface area contributed by atoms with E-state index in [4.69, 9.17) is 4.74 Å². The molecule has 3 nitrogen and oxygen atoms in total. The molecular formula is C16H24N2O. The van der Waals surface area contributed by atoms with Gasteiger partial charge in [-0.3, -0.25) is 0 Å². The van der Waals surface area contributed by atoms with Crippen LogP contribution in [0.4, 0.5) is 11.4 Å². The van der Waals surface area contributed by atoms with Gasteiger partial charge in [0.1, 0.15) is 11.4 Å². The smallest absolute Gasteiger partial charge is 0.144 e. The van der Waals surface area contributed by atoms with E-state index in [0.717, 1.165) is 23.9 Å². The second-order valence-corrected chi connectivity index (χ2v) is 5.99. The molecule has 1 saturated carbocycles. The Balaban J connectivity index is 1.79. The molecule has 0 saturated heterocycles. The summed E-state index contributed by atoms with van der Waals surface area (Å²) in [5, 5.41) is 7.38. The van der Waals surface area contributed by atoms with Crippen LogP contribution in [0.5, 0.6) is 5.75 Å². The maximum absolute atomic E-state index is 5.42. The summed E-state index contributed by atoms with van der Waals surface area (Å²) in [5.74, 6) is 1.86. The van der Waals surface area contributed by atoms with Crippen LogP contribution >= 0.6 is 0 Å². The first-order valence-electron chi connectivity index (χ1n) is 7.45. The third-order valence-electron chi connectivity index (χ3n) is 4.89. The predicted molar refractivity (Wildman–Crippen MR) is 80.1 cm³/mol. The van der Waals surface area contributed by atoms with E-state index in [1.54, 1.807) is 7.11 Å². The molecular weight excluding hydrogens is 236 g/mol. The summed E-state index contributed by atoms with van der Waals surface area (Å²) in [7, 11) is 1.73. The molecule has 1 spiro atoms. The van der Waals surface area contributed by atoms with E-state index >= 15 is 0 Å². The molecule has 3 rings (SSSR count). The van der Waals surface area contributed by atoms with Crippen LogP contribution in [0.1, 0.15) is 39.0 Å². The standard InChI is InChI=1S/C16H24N2O/c1-3-12-7-9-16(10-8-12)11-17-15-13(18-16)5-4-6-14(15)19-2/h4-6,12,17-18H,3,7-11H2,1-2H3. The zero-order chi connectivity index (χ0) is 13.3. The molecule has 1 aliphatic heterocycles. The van der Waals surface area contributed by atoms with Crippen molar-refractivity contribution in [3.8, 4) is 5.75 Å². The Morgan fingerprint density at radius 1 is 1.32 bits per heavy atom. The Kier molecular flexibility index (Phi) is 3.29. The number of methoxy groups -OCH3 is 1. The van der Waals surface area contributed by atoms with Gasteiger partial charge in [0, 0.05) is 6.54 Å². The second-order valence-electron chi connectivity index (χ2n) is 5.99. The fourth-order valence-corrected chi connectivity index (χ4v) is 3.52. The van der Waals surface area contributed by atoms with Crippen LogP contribution in [0, 0.1) is 5.92 Å². The highest BCUT2D eigenvalue weighted by atomic mass is 16.5. The van der Waals surface area contributed by atoms with Gasteiger partial charge in [0.25, 0.3) is 0 Å². The van der Waals surface area contributed by atoms with Crippen molar-refractivity contribution in [2.45, 2.75) is 44.6 Å². The highest BCUT2D eigenvalue weighted by Crippen LogP contribution is 2.43. The number of hydrogen-bond donors (Lipinski definition) is 2. The van der Waals surface area contributed by atoms with Crippen LogP contribution in [0.2, 0.25) is 0 Å². The number of ether oxygens (including phenoxy) is 1. The number of hydrogen-bond acceptors (Lipinski definition) is 3. The molecule has 1 heterocycles. The Bertz CT molecular complexity index is 450. The van der Waals surface area contributed by atoms with E-state index in [-0.39, 0.29) is 5.54 Å². The number of nitrogens with one attached hydrogen (secondary N) is 2. The highest BCUT2D eigenvalue weighted by Gasteiger charge is 2.37. The van der Waals surface area contributed by atoms with Crippen LogP contribution in [-0.2, 0) is 0 Å². The van der Waals surface area contributed by atoms with Gasteiger partial charge in [-0.25, -0.2) is 0 Å². The number of fused-ring (bicyclic) bond motifs is 1. The average Bonchev–Trinajstić information content (AvgIpc) is 2.47. The van der Waals surface area contributed by atoms with Gasteiger partial charge in [0.2, 0.25) is 0 Å². The van der Waals surface area contributed by atoms with Gasteiger partial charge in [-0.05, 0) is 43.7 Å². The molecule has 2 N–H and O–H groups in total. The molecule has 3 heteroatoms. The van der Waals surface area contributed by atoms with Crippen LogP contribution in [-0.4, -0.2) is 19.2 Å². The largest absolute Gasteiger partial charge is 0.495 e. The minimum Gasteiger partial charge on any atom is -0.495 e. The van der Waals surface area contributed by atoms with Crippen LogP contribution in [0.3, 0.4) is 0 Å². The van der Waals surface area contributed by atoms with Crippen molar-refractivity contribution in [2.24, 2.45) is 5.92 Å². The summed E-state index contributed by atoms with van der Waals surface area (Å²) < 4.78 is 5.42. The lowest BCUT2D eigenvalue weighted by Gasteiger charge is -2.45. The van der Waals surface area contributed by atoms with Crippen molar-refractivity contribution in [3.05, 3.63) is 18.2 Å². The quantitative estimate of drug-likeness (QED) is 0.847. The minimum absolute atomic E-state index is 0.255. The fraction of sp³-hybridized carbons (Fsp3) is 0.625. The molecule has 1 aromatic carbocycles. The lowest BCUT2D eigenvalue weighted by atomic mass is 9.74. The third kappa shape index (κ3) is 2.26. The van der Waals surface area contributed by atoms with E-state index in [9.17, 15) is 0 Å². The van der Waals surface area contributed by atoms with E-state index in [0.29, 0.717) is 0 Å². The summed E-state index contributed by atoms with van der Waals surface area (Å²) in [6.45, 7) is 3.33. The second kappa shape index (κ2) is 4.95. The maximum atomic E-state index is 5.42. The zero-order valence-corrected chi connectivity index (χ0v) is 12.0. The predicted octanol–water partition coefficient (Wildman–Crippen LogP) is 3.87. The average molecular weight is 260 g/mol. The Labute approximate surface area is 115 Å². The van der Waals surface area contributed by atoms with Crippen molar-refractivity contribution in [3.63, 3.8) is 0 Å². The van der Waals surface area contributed by atoms with Gasteiger partial charge in [0.15, 0.2) is 0 Å². The summed E-state index contributed by atoms with van der Waals surface area (Å²) in [4.78, 5) is 0. The lowest BCUT2D eigenvalue weighted by Crippen LogP contribution is -2.50. The van der Waals surface area contributed by atoms with Gasteiger partial charge < -0.3 is 15.4 Å². The van der Waals surface area contributed by atoms with Crippen molar-refractivity contribution >= 4 is 11.4 Å². The van der Waals surface area contributed by atoms with Crippen molar-refractivity contribution in [1.82, 2.24) is 0 Å². The Morgan fingerprint density at radius 2 is 2.11 bits per heavy atom. The molecule has 0 amide bonds. The monoisotopic (exact) mass is 260 g/mol. The first-order chi connectivity index (χ1) is 9.26.